The van der Waals surface area contributed by atoms with Gasteiger partial charge < -0.3 is 4.57 Å². The molecule has 0 spiro atoms. The molecule has 0 unspecified atom stereocenters. The van der Waals surface area contributed by atoms with Crippen LogP contribution >= 0.6 is 28.1 Å². The van der Waals surface area contributed by atoms with E-state index in [4.69, 9.17) is 12.2 Å². The number of carbonyl (C=O) groups excluding carboxylic acids is 2. The number of rotatable bonds is 3. The molecule has 5 nitrogen and oxygen atoms in total. The Kier molecular flexibility index (Phi) is 5.17. The Morgan fingerprint density at radius 3 is 2.31 bits per heavy atom. The number of aromatic nitrogens is 1. The molecule has 29 heavy (non-hydrogen) atoms. The first kappa shape index (κ1) is 19.3. The highest BCUT2D eigenvalue weighted by Crippen LogP contribution is 2.24. The highest BCUT2D eigenvalue weighted by molar-refractivity contribution is 9.10. The molecule has 0 saturated carbocycles. The fourth-order valence-corrected chi connectivity index (χ4v) is 3.63. The maximum Gasteiger partial charge on any atom is 0.270 e. The Hall–Kier alpha value is -3.03. The Labute approximate surface area is 181 Å². The smallest absolute Gasteiger partial charge is 0.270 e. The van der Waals surface area contributed by atoms with E-state index in [1.807, 2.05) is 66.2 Å². The second kappa shape index (κ2) is 7.77. The summed E-state index contributed by atoms with van der Waals surface area (Å²) >= 11 is 8.67. The number of hydrogen-bond acceptors (Lipinski definition) is 3. The maximum absolute atomic E-state index is 13.1. The van der Waals surface area contributed by atoms with Crippen molar-refractivity contribution in [3.05, 3.63) is 88.2 Å². The molecule has 3 aromatic rings. The number of anilines is 1. The van der Waals surface area contributed by atoms with E-state index >= 15 is 0 Å². The van der Waals surface area contributed by atoms with Gasteiger partial charge in [-0.15, -0.1) is 0 Å². The monoisotopic (exact) mass is 465 g/mol. The van der Waals surface area contributed by atoms with Crippen molar-refractivity contribution in [3.8, 4) is 5.69 Å². The van der Waals surface area contributed by atoms with Crippen LogP contribution in [0.4, 0.5) is 5.69 Å². The lowest BCUT2D eigenvalue weighted by Gasteiger charge is -2.29. The van der Waals surface area contributed by atoms with Gasteiger partial charge in [0.15, 0.2) is 5.11 Å². The number of nitrogens with one attached hydrogen (secondary N) is 1. The first-order valence-corrected chi connectivity index (χ1v) is 10.1. The lowest BCUT2D eigenvalue weighted by atomic mass is 10.1. The van der Waals surface area contributed by atoms with Gasteiger partial charge in [-0.1, -0.05) is 33.6 Å². The minimum absolute atomic E-state index is 0.0243. The summed E-state index contributed by atoms with van der Waals surface area (Å²) in [5.41, 5.74) is 3.33. The second-order valence-corrected chi connectivity index (χ2v) is 7.88. The topological polar surface area (TPSA) is 54.3 Å². The predicted molar refractivity (Wildman–Crippen MR) is 121 cm³/mol. The van der Waals surface area contributed by atoms with Crippen LogP contribution in [0.5, 0.6) is 0 Å². The van der Waals surface area contributed by atoms with Crippen molar-refractivity contribution in [2.75, 3.05) is 4.90 Å². The van der Waals surface area contributed by atoms with Crippen LogP contribution in [-0.2, 0) is 9.59 Å². The van der Waals surface area contributed by atoms with Crippen LogP contribution < -0.4 is 10.2 Å². The predicted octanol–water partition coefficient (Wildman–Crippen LogP) is 4.38. The summed E-state index contributed by atoms with van der Waals surface area (Å²) in [4.78, 5) is 27.0. The van der Waals surface area contributed by atoms with E-state index in [-0.39, 0.29) is 10.7 Å². The average Bonchev–Trinajstić information content (AvgIpc) is 3.15. The van der Waals surface area contributed by atoms with Crippen LogP contribution in [0.1, 0.15) is 11.3 Å². The summed E-state index contributed by atoms with van der Waals surface area (Å²) < 4.78 is 2.88. The molecule has 1 N–H and O–H groups in total. The Bertz CT molecular complexity index is 1150. The molecule has 1 fully saturated rings. The minimum atomic E-state index is -0.507. The van der Waals surface area contributed by atoms with Gasteiger partial charge in [0.05, 0.1) is 5.69 Å². The summed E-state index contributed by atoms with van der Waals surface area (Å²) in [6, 6.07) is 18.9. The van der Waals surface area contributed by atoms with Crippen LogP contribution in [0.15, 0.2) is 76.9 Å². The fraction of sp³-hybridized carbons (Fsp3) is 0.0455. The summed E-state index contributed by atoms with van der Waals surface area (Å²) in [7, 11) is 0. The summed E-state index contributed by atoms with van der Waals surface area (Å²) in [5, 5.41) is 2.69. The van der Waals surface area contributed by atoms with E-state index in [9.17, 15) is 9.59 Å². The number of hydrogen-bond donors (Lipinski definition) is 1. The highest BCUT2D eigenvalue weighted by atomic mass is 79.9. The van der Waals surface area contributed by atoms with Crippen LogP contribution in [0, 0.1) is 6.92 Å². The second-order valence-electron chi connectivity index (χ2n) is 6.57. The van der Waals surface area contributed by atoms with Crippen molar-refractivity contribution in [1.82, 2.24) is 9.88 Å². The summed E-state index contributed by atoms with van der Waals surface area (Å²) in [6.45, 7) is 1.96. The van der Waals surface area contributed by atoms with Crippen LogP contribution in [0.25, 0.3) is 11.8 Å². The number of thiocarbonyl (C=S) groups is 1. The van der Waals surface area contributed by atoms with E-state index in [2.05, 4.69) is 21.2 Å². The van der Waals surface area contributed by atoms with Crippen molar-refractivity contribution < 1.29 is 9.59 Å². The Morgan fingerprint density at radius 2 is 1.62 bits per heavy atom. The molecule has 144 valence electrons. The zero-order chi connectivity index (χ0) is 20.5. The fourth-order valence-electron chi connectivity index (χ4n) is 3.08. The van der Waals surface area contributed by atoms with Gasteiger partial charge in [-0.3, -0.25) is 19.8 Å². The normalized spacial score (nSPS) is 15.7. The molecular weight excluding hydrogens is 450 g/mol. The number of aryl methyl sites for hydroxylation is 1. The molecule has 7 heteroatoms. The zero-order valence-corrected chi connectivity index (χ0v) is 17.8. The van der Waals surface area contributed by atoms with E-state index in [0.717, 1.165) is 15.7 Å². The molecule has 0 atom stereocenters. The van der Waals surface area contributed by atoms with Gasteiger partial charge in [-0.2, -0.15) is 0 Å². The van der Waals surface area contributed by atoms with Crippen molar-refractivity contribution in [2.45, 2.75) is 6.92 Å². The molecule has 1 aliphatic heterocycles. The summed E-state index contributed by atoms with van der Waals surface area (Å²) in [5.74, 6) is -0.960. The van der Waals surface area contributed by atoms with Crippen LogP contribution in [0.2, 0.25) is 0 Å². The van der Waals surface area contributed by atoms with Crippen molar-refractivity contribution in [2.24, 2.45) is 0 Å². The SMILES string of the molecule is Cc1ccc(N2C(=O)/C(=C\c3cccn3-c3ccc(Br)cc3)C(=O)NC2=S)cc1. The minimum Gasteiger partial charge on any atom is -0.317 e. The molecule has 2 amide bonds. The van der Waals surface area contributed by atoms with Gasteiger partial charge in [0, 0.05) is 22.1 Å². The molecule has 2 heterocycles. The number of halogens is 1. The Balaban J connectivity index is 1.73. The number of carbonyl (C=O) groups is 2. The molecule has 0 aliphatic carbocycles. The van der Waals surface area contributed by atoms with Gasteiger partial charge in [-0.05, 0) is 73.7 Å². The van der Waals surface area contributed by atoms with Crippen LogP contribution in [0.3, 0.4) is 0 Å². The third kappa shape index (κ3) is 3.79. The molecule has 2 aromatic carbocycles. The van der Waals surface area contributed by atoms with E-state index in [1.54, 1.807) is 18.2 Å². The Morgan fingerprint density at radius 1 is 0.966 bits per heavy atom. The first-order chi connectivity index (χ1) is 13.9. The van der Waals surface area contributed by atoms with Crippen molar-refractivity contribution >= 4 is 56.8 Å². The van der Waals surface area contributed by atoms with Crippen molar-refractivity contribution in [3.63, 3.8) is 0 Å². The quantitative estimate of drug-likeness (QED) is 0.354. The van der Waals surface area contributed by atoms with Gasteiger partial charge >= 0.3 is 0 Å². The molecule has 4 rings (SSSR count). The maximum atomic E-state index is 13.1. The van der Waals surface area contributed by atoms with E-state index in [0.29, 0.717) is 11.4 Å². The molecule has 0 bridgehead atoms. The van der Waals surface area contributed by atoms with E-state index in [1.165, 1.54) is 4.90 Å². The van der Waals surface area contributed by atoms with Gasteiger partial charge in [-0.25, -0.2) is 0 Å². The lowest BCUT2D eigenvalue weighted by molar-refractivity contribution is -0.122. The zero-order valence-electron chi connectivity index (χ0n) is 15.4. The number of nitrogens with zero attached hydrogens (tertiary/aromatic N) is 2. The lowest BCUT2D eigenvalue weighted by Crippen LogP contribution is -2.54. The van der Waals surface area contributed by atoms with Crippen LogP contribution in [-0.4, -0.2) is 21.5 Å². The van der Waals surface area contributed by atoms with E-state index < -0.39 is 11.8 Å². The number of amides is 2. The number of benzene rings is 2. The van der Waals surface area contributed by atoms with Gasteiger partial charge in [0.2, 0.25) is 0 Å². The largest absolute Gasteiger partial charge is 0.317 e. The van der Waals surface area contributed by atoms with Crippen molar-refractivity contribution in [1.29, 1.82) is 0 Å². The molecule has 1 saturated heterocycles. The molecule has 0 radical (unpaired) electrons. The third-order valence-electron chi connectivity index (χ3n) is 4.57. The summed E-state index contributed by atoms with van der Waals surface area (Å²) in [6.07, 6.45) is 3.46. The molecule has 1 aromatic heterocycles. The van der Waals surface area contributed by atoms with Gasteiger partial charge in [0.25, 0.3) is 11.8 Å². The third-order valence-corrected chi connectivity index (χ3v) is 5.38. The highest BCUT2D eigenvalue weighted by Gasteiger charge is 2.34. The molecular formula is C22H16BrN3O2S. The first-order valence-electron chi connectivity index (χ1n) is 8.85. The average molecular weight is 466 g/mol. The van der Waals surface area contributed by atoms with Gasteiger partial charge in [0.1, 0.15) is 5.57 Å². The molecule has 1 aliphatic rings. The standard InChI is InChI=1S/C22H16BrN3O2S/c1-14-4-8-17(9-5-14)26-21(28)19(20(27)24-22(26)29)13-18-3-2-12-25(18)16-10-6-15(23)7-11-16/h2-13H,1H3,(H,24,27,29)/b19-13-.